The van der Waals surface area contributed by atoms with Crippen LogP contribution in [0.1, 0.15) is 17.3 Å². The standard InChI is InChI=1S/C11H11Cl2N3O/c1-7(4-14)6-16(2)11(17)8-3-9(12)10(13)15-5-8/h3,5,7H,6H2,1-2H3. The number of amides is 1. The maximum Gasteiger partial charge on any atom is 0.255 e. The first-order valence-electron chi connectivity index (χ1n) is 4.91. The summed E-state index contributed by atoms with van der Waals surface area (Å²) in [6.45, 7) is 2.10. The molecule has 6 heteroatoms. The average molecular weight is 272 g/mol. The quantitative estimate of drug-likeness (QED) is 0.795. The van der Waals surface area contributed by atoms with Crippen LogP contribution in [0.2, 0.25) is 10.2 Å². The van der Waals surface area contributed by atoms with Crippen LogP contribution in [0.4, 0.5) is 0 Å². The lowest BCUT2D eigenvalue weighted by atomic mass is 10.2. The molecule has 1 amide bonds. The van der Waals surface area contributed by atoms with Gasteiger partial charge in [0.15, 0.2) is 0 Å². The number of hydrogen-bond acceptors (Lipinski definition) is 3. The number of nitriles is 1. The Kier molecular flexibility index (Phi) is 4.73. The molecule has 1 aromatic heterocycles. The van der Waals surface area contributed by atoms with E-state index < -0.39 is 0 Å². The van der Waals surface area contributed by atoms with Crippen LogP contribution in [0.3, 0.4) is 0 Å². The van der Waals surface area contributed by atoms with Crippen LogP contribution in [0.5, 0.6) is 0 Å². The first kappa shape index (κ1) is 13.8. The van der Waals surface area contributed by atoms with E-state index in [0.29, 0.717) is 12.1 Å². The van der Waals surface area contributed by atoms with Gasteiger partial charge in [-0.2, -0.15) is 5.26 Å². The van der Waals surface area contributed by atoms with Gasteiger partial charge in [0.05, 0.1) is 22.6 Å². The van der Waals surface area contributed by atoms with Crippen LogP contribution in [-0.2, 0) is 0 Å². The number of carbonyl (C=O) groups excluding carboxylic acids is 1. The summed E-state index contributed by atoms with van der Waals surface area (Å²) in [4.78, 5) is 17.2. The molecule has 0 saturated heterocycles. The molecule has 1 unspecified atom stereocenters. The lowest BCUT2D eigenvalue weighted by Gasteiger charge is -2.18. The summed E-state index contributed by atoms with van der Waals surface area (Å²) in [7, 11) is 1.62. The highest BCUT2D eigenvalue weighted by Gasteiger charge is 2.15. The largest absolute Gasteiger partial charge is 0.340 e. The highest BCUT2D eigenvalue weighted by atomic mass is 35.5. The molecule has 1 heterocycles. The highest BCUT2D eigenvalue weighted by Crippen LogP contribution is 2.20. The van der Waals surface area contributed by atoms with Gasteiger partial charge >= 0.3 is 0 Å². The first-order valence-corrected chi connectivity index (χ1v) is 5.67. The molecule has 90 valence electrons. The highest BCUT2D eigenvalue weighted by molar-refractivity contribution is 6.41. The molecule has 0 aliphatic heterocycles. The van der Waals surface area contributed by atoms with Crippen molar-refractivity contribution in [3.05, 3.63) is 28.0 Å². The molecule has 17 heavy (non-hydrogen) atoms. The summed E-state index contributed by atoms with van der Waals surface area (Å²) in [5.41, 5.74) is 0.354. The van der Waals surface area contributed by atoms with E-state index in [2.05, 4.69) is 11.1 Å². The Morgan fingerprint density at radius 3 is 2.82 bits per heavy atom. The molecule has 0 saturated carbocycles. The van der Waals surface area contributed by atoms with Crippen molar-refractivity contribution < 1.29 is 4.79 Å². The van der Waals surface area contributed by atoms with Crippen molar-refractivity contribution in [2.75, 3.05) is 13.6 Å². The van der Waals surface area contributed by atoms with Crippen LogP contribution in [0, 0.1) is 17.2 Å². The van der Waals surface area contributed by atoms with Gasteiger partial charge in [-0.05, 0) is 13.0 Å². The Morgan fingerprint density at radius 1 is 1.65 bits per heavy atom. The van der Waals surface area contributed by atoms with Gasteiger partial charge in [-0.3, -0.25) is 4.79 Å². The second-order valence-electron chi connectivity index (χ2n) is 3.71. The summed E-state index contributed by atoms with van der Waals surface area (Å²) >= 11 is 11.4. The van der Waals surface area contributed by atoms with E-state index in [-0.39, 0.29) is 22.0 Å². The monoisotopic (exact) mass is 271 g/mol. The molecule has 4 nitrogen and oxygen atoms in total. The molecule has 1 aromatic rings. The SMILES string of the molecule is CC(C#N)CN(C)C(=O)c1cnc(Cl)c(Cl)c1. The molecular formula is C11H11Cl2N3O. The number of halogens is 2. The average Bonchev–Trinajstić information content (AvgIpc) is 2.31. The summed E-state index contributed by atoms with van der Waals surface area (Å²) in [6, 6.07) is 3.53. The Balaban J connectivity index is 2.82. The van der Waals surface area contributed by atoms with E-state index in [1.165, 1.54) is 17.2 Å². The zero-order valence-electron chi connectivity index (χ0n) is 9.44. The first-order chi connectivity index (χ1) is 7.95. The van der Waals surface area contributed by atoms with Crippen molar-refractivity contribution in [1.82, 2.24) is 9.88 Å². The van der Waals surface area contributed by atoms with Gasteiger partial charge in [0, 0.05) is 19.8 Å². The molecule has 0 N–H and O–H groups in total. The summed E-state index contributed by atoms with van der Waals surface area (Å²) < 4.78 is 0. The second kappa shape index (κ2) is 5.85. The topological polar surface area (TPSA) is 57.0 Å². The fourth-order valence-corrected chi connectivity index (χ4v) is 1.56. The second-order valence-corrected chi connectivity index (χ2v) is 4.48. The minimum atomic E-state index is -0.238. The Hall–Kier alpha value is -1.31. The molecule has 0 radical (unpaired) electrons. The zero-order chi connectivity index (χ0) is 13.0. The molecule has 0 bridgehead atoms. The Labute approximate surface area is 110 Å². The van der Waals surface area contributed by atoms with E-state index in [4.69, 9.17) is 28.5 Å². The number of hydrogen-bond donors (Lipinski definition) is 0. The van der Waals surface area contributed by atoms with E-state index in [1.54, 1.807) is 14.0 Å². The lowest BCUT2D eigenvalue weighted by Crippen LogP contribution is -2.30. The van der Waals surface area contributed by atoms with Crippen LogP contribution < -0.4 is 0 Å². The summed E-state index contributed by atoms with van der Waals surface area (Å²) in [5.74, 6) is -0.460. The number of aromatic nitrogens is 1. The fraction of sp³-hybridized carbons (Fsp3) is 0.364. The predicted molar refractivity (Wildman–Crippen MR) is 66.0 cm³/mol. The Morgan fingerprint density at radius 2 is 2.29 bits per heavy atom. The maximum absolute atomic E-state index is 11.9. The van der Waals surface area contributed by atoms with Gasteiger partial charge in [0.2, 0.25) is 0 Å². The van der Waals surface area contributed by atoms with E-state index in [0.717, 1.165) is 0 Å². The van der Waals surface area contributed by atoms with Crippen molar-refractivity contribution in [2.24, 2.45) is 5.92 Å². The third-order valence-corrected chi connectivity index (χ3v) is 2.84. The third kappa shape index (κ3) is 3.58. The Bertz CT molecular complexity index is 470. The van der Waals surface area contributed by atoms with E-state index >= 15 is 0 Å². The minimum absolute atomic E-state index is 0.163. The van der Waals surface area contributed by atoms with Crippen LogP contribution in [0.15, 0.2) is 12.3 Å². The molecule has 0 fully saturated rings. The number of rotatable bonds is 3. The molecule has 1 rings (SSSR count). The van der Waals surface area contributed by atoms with Crippen molar-refractivity contribution in [1.29, 1.82) is 5.26 Å². The van der Waals surface area contributed by atoms with E-state index in [9.17, 15) is 4.79 Å². The molecular weight excluding hydrogens is 261 g/mol. The summed E-state index contributed by atoms with van der Waals surface area (Å²) in [6.07, 6.45) is 1.37. The number of pyridine rings is 1. The fourth-order valence-electron chi connectivity index (χ4n) is 1.29. The van der Waals surface area contributed by atoms with Crippen LogP contribution >= 0.6 is 23.2 Å². The van der Waals surface area contributed by atoms with Gasteiger partial charge in [0.25, 0.3) is 5.91 Å². The summed E-state index contributed by atoms with van der Waals surface area (Å²) in [5, 5.41) is 9.08. The van der Waals surface area contributed by atoms with Gasteiger partial charge < -0.3 is 4.90 Å². The van der Waals surface area contributed by atoms with E-state index in [1.807, 2.05) is 0 Å². The van der Waals surface area contributed by atoms with Crippen molar-refractivity contribution >= 4 is 29.1 Å². The van der Waals surface area contributed by atoms with Crippen LogP contribution in [-0.4, -0.2) is 29.4 Å². The predicted octanol–water partition coefficient (Wildman–Crippen LogP) is 2.62. The molecule has 0 spiro atoms. The van der Waals surface area contributed by atoms with Gasteiger partial charge in [-0.1, -0.05) is 23.2 Å². The number of carbonyl (C=O) groups is 1. The molecule has 0 aliphatic carbocycles. The lowest BCUT2D eigenvalue weighted by molar-refractivity contribution is 0.0784. The molecule has 0 aliphatic rings. The minimum Gasteiger partial charge on any atom is -0.340 e. The van der Waals surface area contributed by atoms with Gasteiger partial charge in [-0.25, -0.2) is 4.98 Å². The van der Waals surface area contributed by atoms with Crippen molar-refractivity contribution in [3.8, 4) is 6.07 Å². The van der Waals surface area contributed by atoms with Gasteiger partial charge in [0.1, 0.15) is 5.15 Å². The normalized spacial score (nSPS) is 11.7. The molecule has 1 atom stereocenters. The maximum atomic E-state index is 11.9. The molecule has 0 aromatic carbocycles. The van der Waals surface area contributed by atoms with Crippen LogP contribution in [0.25, 0.3) is 0 Å². The zero-order valence-corrected chi connectivity index (χ0v) is 11.0. The number of nitrogens with zero attached hydrogens (tertiary/aromatic N) is 3. The smallest absolute Gasteiger partial charge is 0.255 e. The van der Waals surface area contributed by atoms with Crippen molar-refractivity contribution in [2.45, 2.75) is 6.92 Å². The van der Waals surface area contributed by atoms with Gasteiger partial charge in [-0.15, -0.1) is 0 Å². The third-order valence-electron chi connectivity index (χ3n) is 2.16. The van der Waals surface area contributed by atoms with Crippen molar-refractivity contribution in [3.63, 3.8) is 0 Å².